The summed E-state index contributed by atoms with van der Waals surface area (Å²) in [6.07, 6.45) is -0.294. The van der Waals surface area contributed by atoms with Gasteiger partial charge in [0, 0.05) is 7.05 Å². The topological polar surface area (TPSA) is 131 Å². The van der Waals surface area contributed by atoms with E-state index in [2.05, 4.69) is 5.10 Å². The Kier molecular flexibility index (Phi) is 2.41. The van der Waals surface area contributed by atoms with E-state index in [0.717, 1.165) is 0 Å². The highest BCUT2D eigenvalue weighted by molar-refractivity contribution is 6.10. The quantitative estimate of drug-likeness (QED) is 0.441. The van der Waals surface area contributed by atoms with Gasteiger partial charge < -0.3 is 16.9 Å². The summed E-state index contributed by atoms with van der Waals surface area (Å²) in [7, 11) is 1.54. The lowest BCUT2D eigenvalue weighted by Gasteiger charge is -1.99. The van der Waals surface area contributed by atoms with Gasteiger partial charge in [-0.05, 0) is 0 Å². The monoisotopic (exact) mass is 197 g/mol. The van der Waals surface area contributed by atoms with Gasteiger partial charge in [0.2, 0.25) is 5.91 Å². The Bertz CT molecular complexity index is 441. The lowest BCUT2D eigenvalue weighted by molar-refractivity contribution is -0.116. The van der Waals surface area contributed by atoms with Crippen LogP contribution in [0, 0.1) is 5.41 Å². The minimum absolute atomic E-state index is 0.00583. The predicted molar refractivity (Wildman–Crippen MR) is 51.1 cm³/mol. The van der Waals surface area contributed by atoms with E-state index in [9.17, 15) is 9.59 Å². The second kappa shape index (κ2) is 3.36. The molecule has 0 saturated carbocycles. The maximum Gasteiger partial charge on any atom is 0.275 e. The molecule has 0 aliphatic carbocycles. The molecule has 7 heteroatoms. The fraction of sp³-hybridized carbons (Fsp3) is 0.286. The number of aromatic amines is 1. The minimum atomic E-state index is -0.669. The first-order valence-corrected chi connectivity index (χ1v) is 3.84. The molecule has 14 heavy (non-hydrogen) atoms. The average molecular weight is 197 g/mol. The normalized spacial score (nSPS) is 10.1. The molecule has 0 bridgehead atoms. The SMILES string of the molecule is Cn1[nH]c(=O)c(C(=N)CC(N)=O)c1N. The molecule has 0 aromatic carbocycles. The van der Waals surface area contributed by atoms with Gasteiger partial charge in [-0.1, -0.05) is 0 Å². The van der Waals surface area contributed by atoms with Gasteiger partial charge in [-0.15, -0.1) is 0 Å². The van der Waals surface area contributed by atoms with Crippen molar-refractivity contribution in [3.8, 4) is 0 Å². The van der Waals surface area contributed by atoms with Crippen LogP contribution in [0.2, 0.25) is 0 Å². The van der Waals surface area contributed by atoms with Crippen LogP contribution in [0.1, 0.15) is 12.0 Å². The van der Waals surface area contributed by atoms with Crippen LogP contribution in [0.15, 0.2) is 4.79 Å². The maximum atomic E-state index is 11.2. The van der Waals surface area contributed by atoms with Crippen LogP contribution < -0.4 is 17.0 Å². The zero-order valence-corrected chi connectivity index (χ0v) is 7.63. The summed E-state index contributed by atoms with van der Waals surface area (Å²) in [4.78, 5) is 21.8. The van der Waals surface area contributed by atoms with Crippen molar-refractivity contribution in [2.45, 2.75) is 6.42 Å². The Morgan fingerprint density at radius 3 is 2.57 bits per heavy atom. The molecular weight excluding hydrogens is 186 g/mol. The summed E-state index contributed by atoms with van der Waals surface area (Å²) in [5.74, 6) is -0.543. The highest BCUT2D eigenvalue weighted by atomic mass is 16.1. The number of primary amides is 1. The lowest BCUT2D eigenvalue weighted by atomic mass is 10.1. The standard InChI is InChI=1S/C7H11N5O2/c1-12-6(10)5(7(14)11-12)3(8)2-4(9)13/h8H,2,10H2,1H3,(H2,9,13)(H,11,14). The van der Waals surface area contributed by atoms with Gasteiger partial charge in [0.25, 0.3) is 5.56 Å². The summed E-state index contributed by atoms with van der Waals surface area (Å²) < 4.78 is 1.28. The number of rotatable bonds is 3. The van der Waals surface area contributed by atoms with Crippen LogP contribution in [0.3, 0.4) is 0 Å². The van der Waals surface area contributed by atoms with E-state index in [0.29, 0.717) is 0 Å². The fourth-order valence-electron chi connectivity index (χ4n) is 1.11. The molecule has 0 radical (unpaired) electrons. The van der Waals surface area contributed by atoms with Gasteiger partial charge in [-0.25, -0.2) is 0 Å². The first-order chi connectivity index (χ1) is 6.43. The van der Waals surface area contributed by atoms with Gasteiger partial charge in [0.1, 0.15) is 11.4 Å². The third-order valence-corrected chi connectivity index (χ3v) is 1.77. The summed E-state index contributed by atoms with van der Waals surface area (Å²) in [6.45, 7) is 0. The Hall–Kier alpha value is -2.05. The number of amides is 1. The van der Waals surface area contributed by atoms with Gasteiger partial charge >= 0.3 is 0 Å². The molecular formula is C7H11N5O2. The maximum absolute atomic E-state index is 11.2. The Morgan fingerprint density at radius 2 is 2.21 bits per heavy atom. The third kappa shape index (κ3) is 1.65. The van der Waals surface area contributed by atoms with E-state index in [1.54, 1.807) is 0 Å². The van der Waals surface area contributed by atoms with E-state index in [1.165, 1.54) is 11.7 Å². The number of nitrogen functional groups attached to an aromatic ring is 1. The molecule has 0 saturated heterocycles. The van der Waals surface area contributed by atoms with Gasteiger partial charge in [0.05, 0.1) is 12.1 Å². The second-order valence-electron chi connectivity index (χ2n) is 2.88. The number of carbonyl (C=O) groups is 1. The first-order valence-electron chi connectivity index (χ1n) is 3.84. The molecule has 0 atom stereocenters. The third-order valence-electron chi connectivity index (χ3n) is 1.77. The van der Waals surface area contributed by atoms with Crippen LogP contribution in [-0.4, -0.2) is 21.4 Å². The molecule has 0 unspecified atom stereocenters. The van der Waals surface area contributed by atoms with Crippen molar-refractivity contribution in [3.63, 3.8) is 0 Å². The summed E-state index contributed by atoms with van der Waals surface area (Å²) in [5.41, 5.74) is 9.76. The molecule has 0 aliphatic rings. The molecule has 1 aromatic heterocycles. The number of H-pyrrole nitrogens is 1. The second-order valence-corrected chi connectivity index (χ2v) is 2.88. The molecule has 1 aromatic rings. The highest BCUT2D eigenvalue weighted by Gasteiger charge is 2.16. The number of nitrogens with one attached hydrogen (secondary N) is 2. The Balaban J connectivity index is 3.13. The predicted octanol–water partition coefficient (Wildman–Crippen LogP) is -1.46. The molecule has 0 fully saturated rings. The van der Waals surface area contributed by atoms with Crippen LogP contribution >= 0.6 is 0 Å². The van der Waals surface area contributed by atoms with E-state index in [-0.39, 0.29) is 23.5 Å². The Morgan fingerprint density at radius 1 is 1.64 bits per heavy atom. The first kappa shape index (κ1) is 10.0. The van der Waals surface area contributed by atoms with Crippen LogP contribution in [0.5, 0.6) is 0 Å². The number of carbonyl (C=O) groups excluding carboxylic acids is 1. The molecule has 0 spiro atoms. The van der Waals surface area contributed by atoms with Crippen molar-refractivity contribution >= 4 is 17.4 Å². The van der Waals surface area contributed by atoms with E-state index in [1.807, 2.05) is 0 Å². The van der Waals surface area contributed by atoms with Crippen LogP contribution in [0.4, 0.5) is 5.82 Å². The van der Waals surface area contributed by atoms with Crippen LogP contribution in [0.25, 0.3) is 0 Å². The molecule has 1 heterocycles. The lowest BCUT2D eigenvalue weighted by Crippen LogP contribution is -2.21. The van der Waals surface area contributed by atoms with Gasteiger partial charge in [-0.3, -0.25) is 19.4 Å². The number of aryl methyl sites for hydroxylation is 1. The summed E-state index contributed by atoms with van der Waals surface area (Å²) >= 11 is 0. The van der Waals surface area contributed by atoms with Crippen molar-refractivity contribution in [2.24, 2.45) is 12.8 Å². The van der Waals surface area contributed by atoms with Crippen LogP contribution in [-0.2, 0) is 11.8 Å². The average Bonchev–Trinajstić information content (AvgIpc) is 2.25. The van der Waals surface area contributed by atoms with E-state index < -0.39 is 11.5 Å². The van der Waals surface area contributed by atoms with Gasteiger partial charge in [0.15, 0.2) is 0 Å². The Labute approximate surface area is 79.2 Å². The molecule has 76 valence electrons. The number of hydrogen-bond acceptors (Lipinski definition) is 4. The van der Waals surface area contributed by atoms with Crippen molar-refractivity contribution in [1.29, 1.82) is 5.41 Å². The molecule has 1 rings (SSSR count). The zero-order valence-electron chi connectivity index (χ0n) is 7.63. The highest BCUT2D eigenvalue weighted by Crippen LogP contribution is 2.06. The minimum Gasteiger partial charge on any atom is -0.383 e. The van der Waals surface area contributed by atoms with Crippen molar-refractivity contribution in [2.75, 3.05) is 5.73 Å². The van der Waals surface area contributed by atoms with Crippen molar-refractivity contribution in [1.82, 2.24) is 9.78 Å². The number of nitrogens with zero attached hydrogens (tertiary/aromatic N) is 1. The number of hydrogen-bond donors (Lipinski definition) is 4. The number of nitrogens with two attached hydrogens (primary N) is 2. The number of aromatic nitrogens is 2. The molecule has 6 N–H and O–H groups in total. The van der Waals surface area contributed by atoms with Crippen molar-refractivity contribution < 1.29 is 4.79 Å². The van der Waals surface area contributed by atoms with Crippen molar-refractivity contribution in [3.05, 3.63) is 15.9 Å². The summed E-state index contributed by atoms with van der Waals surface area (Å²) in [6, 6.07) is 0. The fourth-order valence-corrected chi connectivity index (χ4v) is 1.11. The molecule has 0 aliphatic heterocycles. The number of anilines is 1. The smallest absolute Gasteiger partial charge is 0.275 e. The zero-order chi connectivity index (χ0) is 10.9. The largest absolute Gasteiger partial charge is 0.383 e. The van der Waals surface area contributed by atoms with E-state index in [4.69, 9.17) is 16.9 Å². The van der Waals surface area contributed by atoms with Gasteiger partial charge in [-0.2, -0.15) is 0 Å². The molecule has 1 amide bonds. The molecule has 7 nitrogen and oxygen atoms in total. The summed E-state index contributed by atoms with van der Waals surface area (Å²) in [5, 5.41) is 9.81. The van der Waals surface area contributed by atoms with E-state index >= 15 is 0 Å².